The summed E-state index contributed by atoms with van der Waals surface area (Å²) in [5.74, 6) is -0.322. The minimum Gasteiger partial charge on any atom is -0.465 e. The van der Waals surface area contributed by atoms with Gasteiger partial charge in [0.25, 0.3) is 0 Å². The highest BCUT2D eigenvalue weighted by molar-refractivity contribution is 7.51. The lowest BCUT2D eigenvalue weighted by molar-refractivity contribution is -0.142. The number of rotatable bonds is 7. The smallest absolute Gasteiger partial charge is 0.325 e. The number of hydrogen-bond donors (Lipinski definition) is 2. The van der Waals surface area contributed by atoms with E-state index in [0.717, 1.165) is 5.56 Å². The molecule has 0 amide bonds. The van der Waals surface area contributed by atoms with E-state index in [1.165, 1.54) is 0 Å². The number of unbranched alkanes of at least 4 members (excludes halogenated alkanes) is 1. The van der Waals surface area contributed by atoms with Crippen LogP contribution in [0.1, 0.15) is 18.4 Å². The highest BCUT2D eigenvalue weighted by Gasteiger charge is 2.11. The fraction of sp³-hybridized carbons (Fsp3) is 0.417. The van der Waals surface area contributed by atoms with Crippen molar-refractivity contribution in [3.05, 3.63) is 35.9 Å². The van der Waals surface area contributed by atoms with Gasteiger partial charge in [-0.2, -0.15) is 0 Å². The first-order chi connectivity index (χ1) is 8.47. The molecule has 18 heavy (non-hydrogen) atoms. The summed E-state index contributed by atoms with van der Waals surface area (Å²) >= 11 is 0. The molecule has 0 aliphatic carbocycles. The molecule has 0 unspecified atom stereocenters. The SMILES string of the molecule is O=C(Cc1ccccc1)OCCCCP(=O)(O)O. The molecule has 100 valence electrons. The molecule has 0 aromatic heterocycles. The Balaban J connectivity index is 2.13. The Labute approximate surface area is 106 Å². The lowest BCUT2D eigenvalue weighted by atomic mass is 10.2. The van der Waals surface area contributed by atoms with Crippen molar-refractivity contribution in [1.29, 1.82) is 0 Å². The molecule has 0 aliphatic heterocycles. The molecule has 0 heterocycles. The van der Waals surface area contributed by atoms with Crippen molar-refractivity contribution in [2.24, 2.45) is 0 Å². The van der Waals surface area contributed by atoms with Crippen LogP contribution in [0.15, 0.2) is 30.3 Å². The molecule has 0 atom stereocenters. The number of carbonyl (C=O) groups is 1. The summed E-state index contributed by atoms with van der Waals surface area (Å²) in [6.07, 6.45) is 0.872. The third-order valence-electron chi connectivity index (χ3n) is 2.30. The second kappa shape index (κ2) is 7.31. The van der Waals surface area contributed by atoms with Crippen molar-refractivity contribution >= 4 is 13.6 Å². The number of benzene rings is 1. The van der Waals surface area contributed by atoms with Crippen molar-refractivity contribution in [2.75, 3.05) is 12.8 Å². The van der Waals surface area contributed by atoms with E-state index >= 15 is 0 Å². The van der Waals surface area contributed by atoms with Gasteiger partial charge in [-0.1, -0.05) is 30.3 Å². The molecule has 0 fully saturated rings. The van der Waals surface area contributed by atoms with Crippen LogP contribution in [0.4, 0.5) is 0 Å². The van der Waals surface area contributed by atoms with E-state index in [1.807, 2.05) is 30.3 Å². The fourth-order valence-corrected chi connectivity index (χ4v) is 2.05. The van der Waals surface area contributed by atoms with E-state index in [9.17, 15) is 9.36 Å². The van der Waals surface area contributed by atoms with Gasteiger partial charge in [0.1, 0.15) is 0 Å². The summed E-state index contributed by atoms with van der Waals surface area (Å²) in [4.78, 5) is 28.6. The summed E-state index contributed by atoms with van der Waals surface area (Å²) in [5.41, 5.74) is 0.887. The fourth-order valence-electron chi connectivity index (χ4n) is 1.42. The average molecular weight is 272 g/mol. The van der Waals surface area contributed by atoms with E-state index in [0.29, 0.717) is 12.8 Å². The number of hydrogen-bond acceptors (Lipinski definition) is 3. The average Bonchev–Trinajstić information content (AvgIpc) is 2.28. The van der Waals surface area contributed by atoms with Gasteiger partial charge in [-0.05, 0) is 18.4 Å². The Morgan fingerprint density at radius 1 is 1.17 bits per heavy atom. The molecular formula is C12H17O5P. The van der Waals surface area contributed by atoms with Gasteiger partial charge in [0, 0.05) is 6.16 Å². The predicted octanol–water partition coefficient (Wildman–Crippen LogP) is 1.73. The summed E-state index contributed by atoms with van der Waals surface area (Å²) in [7, 11) is -3.92. The van der Waals surface area contributed by atoms with Gasteiger partial charge in [-0.3, -0.25) is 9.36 Å². The van der Waals surface area contributed by atoms with Crippen LogP contribution in [0.2, 0.25) is 0 Å². The standard InChI is InChI=1S/C12H17O5P/c13-12(10-11-6-2-1-3-7-11)17-8-4-5-9-18(14,15)16/h1-3,6-7H,4-5,8-10H2,(H2,14,15,16). The number of esters is 1. The molecule has 6 heteroatoms. The largest absolute Gasteiger partial charge is 0.465 e. The van der Waals surface area contributed by atoms with Gasteiger partial charge in [0.2, 0.25) is 0 Å². The van der Waals surface area contributed by atoms with Gasteiger partial charge >= 0.3 is 13.6 Å². The Hall–Kier alpha value is -1.16. The van der Waals surface area contributed by atoms with Crippen LogP contribution in [0.25, 0.3) is 0 Å². The number of ether oxygens (including phenoxy) is 1. The third-order valence-corrected chi connectivity index (χ3v) is 3.20. The van der Waals surface area contributed by atoms with E-state index in [2.05, 4.69) is 0 Å². The Morgan fingerprint density at radius 2 is 1.83 bits per heavy atom. The Morgan fingerprint density at radius 3 is 2.44 bits per heavy atom. The summed E-state index contributed by atoms with van der Waals surface area (Å²) in [6, 6.07) is 9.26. The molecule has 0 aliphatic rings. The molecular weight excluding hydrogens is 255 g/mol. The van der Waals surface area contributed by atoms with Gasteiger partial charge in [-0.25, -0.2) is 0 Å². The van der Waals surface area contributed by atoms with Crippen LogP contribution in [0.3, 0.4) is 0 Å². The maximum atomic E-state index is 11.4. The van der Waals surface area contributed by atoms with Crippen molar-refractivity contribution in [3.8, 4) is 0 Å². The Bertz CT molecular complexity index is 412. The second-order valence-electron chi connectivity index (χ2n) is 3.98. The molecule has 0 saturated heterocycles. The quantitative estimate of drug-likeness (QED) is 0.448. The van der Waals surface area contributed by atoms with Gasteiger partial charge in [0.05, 0.1) is 13.0 Å². The molecule has 5 nitrogen and oxygen atoms in total. The molecule has 1 aromatic rings. The topological polar surface area (TPSA) is 83.8 Å². The van der Waals surface area contributed by atoms with Crippen LogP contribution >= 0.6 is 7.60 Å². The minimum atomic E-state index is -3.92. The first-order valence-corrected chi connectivity index (χ1v) is 7.51. The van der Waals surface area contributed by atoms with Crippen LogP contribution in [0.5, 0.6) is 0 Å². The van der Waals surface area contributed by atoms with Crippen LogP contribution in [-0.2, 0) is 20.5 Å². The lowest BCUT2D eigenvalue weighted by Gasteiger charge is -2.05. The molecule has 2 N–H and O–H groups in total. The lowest BCUT2D eigenvalue weighted by Crippen LogP contribution is -2.09. The van der Waals surface area contributed by atoms with Gasteiger partial charge < -0.3 is 14.5 Å². The predicted molar refractivity (Wildman–Crippen MR) is 67.3 cm³/mol. The van der Waals surface area contributed by atoms with E-state index in [-0.39, 0.29) is 25.2 Å². The monoisotopic (exact) mass is 272 g/mol. The van der Waals surface area contributed by atoms with E-state index < -0.39 is 7.60 Å². The highest BCUT2D eigenvalue weighted by atomic mass is 31.2. The Kier molecular flexibility index (Phi) is 6.05. The maximum absolute atomic E-state index is 11.4. The van der Waals surface area contributed by atoms with Gasteiger partial charge in [-0.15, -0.1) is 0 Å². The van der Waals surface area contributed by atoms with Crippen molar-refractivity contribution in [1.82, 2.24) is 0 Å². The van der Waals surface area contributed by atoms with Crippen LogP contribution < -0.4 is 0 Å². The first-order valence-electron chi connectivity index (χ1n) is 5.71. The van der Waals surface area contributed by atoms with Crippen LogP contribution in [-0.4, -0.2) is 28.5 Å². The molecule has 0 radical (unpaired) electrons. The maximum Gasteiger partial charge on any atom is 0.325 e. The van der Waals surface area contributed by atoms with Crippen molar-refractivity contribution < 1.29 is 23.9 Å². The molecule has 0 saturated carbocycles. The highest BCUT2D eigenvalue weighted by Crippen LogP contribution is 2.35. The zero-order chi connectivity index (χ0) is 13.4. The first kappa shape index (κ1) is 14.9. The molecule has 1 rings (SSSR count). The summed E-state index contributed by atoms with van der Waals surface area (Å²) in [6.45, 7) is 0.200. The van der Waals surface area contributed by atoms with E-state index in [4.69, 9.17) is 14.5 Å². The molecule has 1 aromatic carbocycles. The second-order valence-corrected chi connectivity index (χ2v) is 5.75. The van der Waals surface area contributed by atoms with Gasteiger partial charge in [0.15, 0.2) is 0 Å². The van der Waals surface area contributed by atoms with E-state index in [1.54, 1.807) is 0 Å². The molecule has 0 spiro atoms. The zero-order valence-corrected chi connectivity index (χ0v) is 10.9. The summed E-state index contributed by atoms with van der Waals surface area (Å²) < 4.78 is 15.5. The van der Waals surface area contributed by atoms with Crippen LogP contribution in [0, 0.1) is 0 Å². The third kappa shape index (κ3) is 7.22. The van der Waals surface area contributed by atoms with Crippen molar-refractivity contribution in [2.45, 2.75) is 19.3 Å². The van der Waals surface area contributed by atoms with Crippen molar-refractivity contribution in [3.63, 3.8) is 0 Å². The number of carbonyl (C=O) groups excluding carboxylic acids is 1. The normalized spacial score (nSPS) is 11.2. The minimum absolute atomic E-state index is 0.163. The zero-order valence-electron chi connectivity index (χ0n) is 9.99. The summed E-state index contributed by atoms with van der Waals surface area (Å²) in [5, 5.41) is 0. The molecule has 0 bridgehead atoms.